The molecule has 4 heteroatoms. The monoisotopic (exact) mass is 316 g/mol. The van der Waals surface area contributed by atoms with Crippen LogP contribution in [0.15, 0.2) is 16.7 Å². The van der Waals surface area contributed by atoms with Crippen LogP contribution in [-0.4, -0.2) is 17.4 Å². The van der Waals surface area contributed by atoms with Crippen LogP contribution in [0.2, 0.25) is 0 Å². The van der Waals surface area contributed by atoms with Gasteiger partial charge in [0.2, 0.25) is 0 Å². The minimum Gasteiger partial charge on any atom is -0.369 e. The quantitative estimate of drug-likeness (QED) is 0.834. The molecule has 1 aromatic heterocycles. The largest absolute Gasteiger partial charge is 0.369 e. The summed E-state index contributed by atoms with van der Waals surface area (Å²) < 4.78 is 1.02. The fourth-order valence-electron chi connectivity index (χ4n) is 2.48. The Bertz CT molecular complexity index is 389. The van der Waals surface area contributed by atoms with Gasteiger partial charge < -0.3 is 5.32 Å². The molecule has 1 saturated carbocycles. The van der Waals surface area contributed by atoms with Crippen LogP contribution in [0.5, 0.6) is 0 Å². The second-order valence-corrected chi connectivity index (χ2v) is 6.20. The summed E-state index contributed by atoms with van der Waals surface area (Å²) in [5.74, 6) is 1.72. The van der Waals surface area contributed by atoms with Gasteiger partial charge >= 0.3 is 0 Å². The fourth-order valence-corrected chi connectivity index (χ4v) is 3.29. The van der Waals surface area contributed by atoms with E-state index in [1.54, 1.807) is 0 Å². The van der Waals surface area contributed by atoms with Crippen molar-refractivity contribution in [1.29, 1.82) is 0 Å². The second kappa shape index (κ2) is 5.57. The van der Waals surface area contributed by atoms with Crippen molar-refractivity contribution >= 4 is 33.3 Å². The normalized spacial score (nSPS) is 18.3. The summed E-state index contributed by atoms with van der Waals surface area (Å²) in [4.78, 5) is 4.40. The Morgan fingerprint density at radius 2 is 2.18 bits per heavy atom. The van der Waals surface area contributed by atoms with Gasteiger partial charge in [0.25, 0.3) is 0 Å². The number of alkyl halides is 1. The molecule has 0 radical (unpaired) electrons. The lowest BCUT2D eigenvalue weighted by Crippen LogP contribution is -2.29. The minimum atomic E-state index is 0.281. The molecule has 0 aromatic carbocycles. The number of halogens is 2. The van der Waals surface area contributed by atoms with Crippen LogP contribution < -0.4 is 5.32 Å². The third kappa shape index (κ3) is 3.14. The number of nitrogens with one attached hydrogen (secondary N) is 1. The van der Waals surface area contributed by atoms with E-state index in [0.717, 1.165) is 22.7 Å². The Morgan fingerprint density at radius 3 is 2.76 bits per heavy atom. The van der Waals surface area contributed by atoms with E-state index in [1.807, 2.05) is 6.20 Å². The van der Waals surface area contributed by atoms with Crippen molar-refractivity contribution in [3.63, 3.8) is 0 Å². The predicted molar refractivity (Wildman–Crippen MR) is 76.8 cm³/mol. The van der Waals surface area contributed by atoms with Gasteiger partial charge in [-0.15, -0.1) is 11.6 Å². The molecule has 1 fully saturated rings. The van der Waals surface area contributed by atoms with Crippen molar-refractivity contribution < 1.29 is 0 Å². The first-order valence-electron chi connectivity index (χ1n) is 6.07. The molecule has 1 aliphatic carbocycles. The Kier molecular flexibility index (Phi) is 4.31. The highest BCUT2D eigenvalue weighted by atomic mass is 79.9. The molecule has 1 aromatic rings. The van der Waals surface area contributed by atoms with E-state index in [0.29, 0.717) is 0 Å². The number of hydrogen-bond acceptors (Lipinski definition) is 2. The first-order valence-corrected chi connectivity index (χ1v) is 7.40. The van der Waals surface area contributed by atoms with Crippen LogP contribution in [0.25, 0.3) is 0 Å². The summed E-state index contributed by atoms with van der Waals surface area (Å²) in [6.45, 7) is 3.01. The van der Waals surface area contributed by atoms with Crippen LogP contribution in [0.4, 0.5) is 5.82 Å². The standard InChI is InChI=1S/C13H18BrClN2/c1-10-6-11(14)7-16-12(10)17-9-13(8-15)4-2-3-5-13/h6-7H,2-5,8-9H2,1H3,(H,16,17). The van der Waals surface area contributed by atoms with Crippen LogP contribution >= 0.6 is 27.5 Å². The lowest BCUT2D eigenvalue weighted by molar-refractivity contribution is 0.368. The lowest BCUT2D eigenvalue weighted by Gasteiger charge is -2.27. The van der Waals surface area contributed by atoms with Crippen LogP contribution in [-0.2, 0) is 0 Å². The molecule has 0 atom stereocenters. The smallest absolute Gasteiger partial charge is 0.128 e. The predicted octanol–water partition coefficient (Wildman–Crippen LogP) is 4.36. The molecular weight excluding hydrogens is 300 g/mol. The summed E-state index contributed by atoms with van der Waals surface area (Å²) in [6, 6.07) is 2.08. The maximum Gasteiger partial charge on any atom is 0.128 e. The molecule has 94 valence electrons. The maximum absolute atomic E-state index is 6.13. The molecule has 0 spiro atoms. The van der Waals surface area contributed by atoms with Gasteiger partial charge in [0, 0.05) is 28.5 Å². The zero-order valence-corrected chi connectivity index (χ0v) is 12.4. The number of aryl methyl sites for hydroxylation is 1. The van der Waals surface area contributed by atoms with E-state index in [4.69, 9.17) is 11.6 Å². The van der Waals surface area contributed by atoms with Gasteiger partial charge in [-0.1, -0.05) is 12.8 Å². The van der Waals surface area contributed by atoms with Crippen LogP contribution in [0, 0.1) is 12.3 Å². The fraction of sp³-hybridized carbons (Fsp3) is 0.615. The molecule has 2 nitrogen and oxygen atoms in total. The molecule has 1 N–H and O–H groups in total. The highest BCUT2D eigenvalue weighted by Gasteiger charge is 2.32. The number of nitrogens with zero attached hydrogens (tertiary/aromatic N) is 1. The van der Waals surface area contributed by atoms with Gasteiger partial charge in [-0.3, -0.25) is 0 Å². The zero-order valence-electron chi connectivity index (χ0n) is 10.1. The van der Waals surface area contributed by atoms with Gasteiger partial charge in [-0.2, -0.15) is 0 Å². The van der Waals surface area contributed by atoms with Crippen LogP contribution in [0.3, 0.4) is 0 Å². The molecule has 0 unspecified atom stereocenters. The van der Waals surface area contributed by atoms with Crippen molar-refractivity contribution in [3.05, 3.63) is 22.3 Å². The van der Waals surface area contributed by atoms with Gasteiger partial charge in [-0.25, -0.2) is 4.98 Å². The SMILES string of the molecule is Cc1cc(Br)cnc1NCC1(CCl)CCCC1. The average molecular weight is 318 g/mol. The van der Waals surface area contributed by atoms with Gasteiger partial charge in [-0.05, 0) is 47.3 Å². The first-order chi connectivity index (χ1) is 8.15. The summed E-state index contributed by atoms with van der Waals surface area (Å²) in [5, 5.41) is 3.46. The van der Waals surface area contributed by atoms with E-state index in [-0.39, 0.29) is 5.41 Å². The highest BCUT2D eigenvalue weighted by Crippen LogP contribution is 2.39. The van der Waals surface area contributed by atoms with Crippen molar-refractivity contribution in [2.75, 3.05) is 17.7 Å². The Balaban J connectivity index is 2.01. The van der Waals surface area contributed by atoms with E-state index in [9.17, 15) is 0 Å². The van der Waals surface area contributed by atoms with Crippen molar-refractivity contribution in [2.45, 2.75) is 32.6 Å². The minimum absolute atomic E-state index is 0.281. The molecule has 17 heavy (non-hydrogen) atoms. The first kappa shape index (κ1) is 13.2. The molecular formula is C13H18BrClN2. The second-order valence-electron chi connectivity index (χ2n) is 5.01. The summed E-state index contributed by atoms with van der Waals surface area (Å²) in [5.41, 5.74) is 1.45. The molecule has 1 heterocycles. The number of hydrogen-bond donors (Lipinski definition) is 1. The van der Waals surface area contributed by atoms with Crippen molar-refractivity contribution in [3.8, 4) is 0 Å². The zero-order chi connectivity index (χ0) is 12.3. The third-order valence-electron chi connectivity index (χ3n) is 3.62. The van der Waals surface area contributed by atoms with E-state index in [1.165, 1.54) is 31.2 Å². The molecule has 0 bridgehead atoms. The third-order valence-corrected chi connectivity index (χ3v) is 4.62. The Labute approximate surface area is 116 Å². The molecule has 0 aliphatic heterocycles. The Hall–Kier alpha value is -0.280. The average Bonchev–Trinajstić information content (AvgIpc) is 2.77. The van der Waals surface area contributed by atoms with Crippen molar-refractivity contribution in [1.82, 2.24) is 4.98 Å². The molecule has 1 aliphatic rings. The summed E-state index contributed by atoms with van der Waals surface area (Å²) in [6.07, 6.45) is 6.91. The van der Waals surface area contributed by atoms with Gasteiger partial charge in [0.1, 0.15) is 5.82 Å². The van der Waals surface area contributed by atoms with Crippen LogP contribution in [0.1, 0.15) is 31.2 Å². The van der Waals surface area contributed by atoms with E-state index in [2.05, 4.69) is 39.2 Å². The highest BCUT2D eigenvalue weighted by molar-refractivity contribution is 9.10. The van der Waals surface area contributed by atoms with Gasteiger partial charge in [0.15, 0.2) is 0 Å². The van der Waals surface area contributed by atoms with Gasteiger partial charge in [0.05, 0.1) is 0 Å². The number of rotatable bonds is 4. The van der Waals surface area contributed by atoms with E-state index >= 15 is 0 Å². The van der Waals surface area contributed by atoms with E-state index < -0.39 is 0 Å². The molecule has 2 rings (SSSR count). The van der Waals surface area contributed by atoms with Crippen molar-refractivity contribution in [2.24, 2.45) is 5.41 Å². The Morgan fingerprint density at radius 1 is 1.47 bits per heavy atom. The summed E-state index contributed by atoms with van der Waals surface area (Å²) in [7, 11) is 0. The number of aromatic nitrogens is 1. The number of anilines is 1. The molecule has 0 saturated heterocycles. The number of pyridine rings is 1. The lowest BCUT2D eigenvalue weighted by atomic mass is 9.88. The summed E-state index contributed by atoms with van der Waals surface area (Å²) >= 11 is 9.55. The maximum atomic E-state index is 6.13. The topological polar surface area (TPSA) is 24.9 Å². The molecule has 0 amide bonds.